The number of rotatable bonds is 8. The van der Waals surface area contributed by atoms with Crippen molar-refractivity contribution >= 4 is 11.8 Å². The van der Waals surface area contributed by atoms with Crippen LogP contribution in [-0.4, -0.2) is 19.5 Å². The van der Waals surface area contributed by atoms with Crippen LogP contribution in [0.4, 0.5) is 13.2 Å². The second-order valence-electron chi connectivity index (χ2n) is 7.34. The van der Waals surface area contributed by atoms with Gasteiger partial charge in [0.1, 0.15) is 23.8 Å². The molecular formula is C24H19F3N4OS. The molecule has 0 fully saturated rings. The normalized spacial score (nSPS) is 11.0. The van der Waals surface area contributed by atoms with Gasteiger partial charge in [-0.1, -0.05) is 42.1 Å². The molecule has 2 aromatic heterocycles. The SMILES string of the molecule is O=c1nc(SCc2c(F)cc(F)cc2F)n(CCc2ccccc2)cc1Cc1cncnc1. The van der Waals surface area contributed by atoms with E-state index in [0.717, 1.165) is 22.9 Å². The molecule has 5 nitrogen and oxygen atoms in total. The van der Waals surface area contributed by atoms with Gasteiger partial charge in [0.25, 0.3) is 5.56 Å². The van der Waals surface area contributed by atoms with Crippen molar-refractivity contribution in [3.63, 3.8) is 0 Å². The molecule has 0 aliphatic carbocycles. The Hall–Kier alpha value is -3.46. The number of benzene rings is 2. The highest BCUT2D eigenvalue weighted by Gasteiger charge is 2.15. The minimum absolute atomic E-state index is 0.137. The van der Waals surface area contributed by atoms with Crippen molar-refractivity contribution < 1.29 is 13.2 Å². The fourth-order valence-corrected chi connectivity index (χ4v) is 4.31. The second kappa shape index (κ2) is 10.4. The molecule has 0 atom stereocenters. The van der Waals surface area contributed by atoms with Crippen LogP contribution in [0.1, 0.15) is 22.3 Å². The number of aryl methyl sites for hydroxylation is 2. The Balaban J connectivity index is 1.62. The zero-order valence-corrected chi connectivity index (χ0v) is 18.2. The largest absolute Gasteiger partial charge is 0.327 e. The summed E-state index contributed by atoms with van der Waals surface area (Å²) in [5.74, 6) is -3.06. The van der Waals surface area contributed by atoms with E-state index in [1.807, 2.05) is 30.3 Å². The topological polar surface area (TPSA) is 60.7 Å². The average Bonchev–Trinajstić information content (AvgIpc) is 2.80. The lowest BCUT2D eigenvalue weighted by Crippen LogP contribution is -2.20. The quantitative estimate of drug-likeness (QED) is 0.280. The van der Waals surface area contributed by atoms with Crippen LogP contribution in [0.15, 0.2) is 77.3 Å². The van der Waals surface area contributed by atoms with Crippen molar-refractivity contribution in [1.82, 2.24) is 19.5 Å². The lowest BCUT2D eigenvalue weighted by atomic mass is 10.1. The van der Waals surface area contributed by atoms with Crippen LogP contribution in [0.25, 0.3) is 0 Å². The Morgan fingerprint density at radius 3 is 2.33 bits per heavy atom. The maximum atomic E-state index is 14.1. The second-order valence-corrected chi connectivity index (χ2v) is 8.29. The van der Waals surface area contributed by atoms with Crippen LogP contribution in [-0.2, 0) is 25.1 Å². The molecule has 9 heteroatoms. The number of aromatic nitrogens is 4. The molecule has 0 spiro atoms. The first kappa shape index (κ1) is 22.7. The van der Waals surface area contributed by atoms with Gasteiger partial charge in [0.05, 0.1) is 0 Å². The third kappa shape index (κ3) is 5.87. The Morgan fingerprint density at radius 1 is 0.939 bits per heavy atom. The van der Waals surface area contributed by atoms with E-state index in [-0.39, 0.29) is 11.3 Å². The number of thioether (sulfide) groups is 1. The molecule has 0 radical (unpaired) electrons. The summed E-state index contributed by atoms with van der Waals surface area (Å²) in [6.45, 7) is 0.506. The van der Waals surface area contributed by atoms with Crippen molar-refractivity contribution in [3.05, 3.63) is 117 Å². The van der Waals surface area contributed by atoms with Crippen LogP contribution >= 0.6 is 11.8 Å². The van der Waals surface area contributed by atoms with E-state index in [4.69, 9.17) is 0 Å². The van der Waals surface area contributed by atoms with E-state index in [2.05, 4.69) is 15.0 Å². The summed E-state index contributed by atoms with van der Waals surface area (Å²) in [4.78, 5) is 24.8. The molecule has 0 N–H and O–H groups in total. The molecule has 0 unspecified atom stereocenters. The summed E-state index contributed by atoms with van der Waals surface area (Å²) in [5, 5.41) is 0.326. The Labute approximate surface area is 192 Å². The highest BCUT2D eigenvalue weighted by molar-refractivity contribution is 7.98. The van der Waals surface area contributed by atoms with Gasteiger partial charge in [-0.25, -0.2) is 23.1 Å². The molecule has 4 aromatic rings. The lowest BCUT2D eigenvalue weighted by Gasteiger charge is -2.14. The molecule has 0 aliphatic rings. The summed E-state index contributed by atoms with van der Waals surface area (Å²) in [6, 6.07) is 11.1. The molecule has 33 heavy (non-hydrogen) atoms. The van der Waals surface area contributed by atoms with E-state index in [1.54, 1.807) is 23.2 Å². The van der Waals surface area contributed by atoms with Crippen molar-refractivity contribution in [2.75, 3.05) is 0 Å². The highest BCUT2D eigenvalue weighted by Crippen LogP contribution is 2.25. The summed E-state index contributed by atoms with van der Waals surface area (Å²) in [6.07, 6.45) is 7.36. The highest BCUT2D eigenvalue weighted by atomic mass is 32.2. The summed E-state index contributed by atoms with van der Waals surface area (Å²) in [7, 11) is 0. The van der Waals surface area contributed by atoms with E-state index >= 15 is 0 Å². The fourth-order valence-electron chi connectivity index (χ4n) is 3.30. The minimum atomic E-state index is -0.981. The zero-order chi connectivity index (χ0) is 23.2. The van der Waals surface area contributed by atoms with Gasteiger partial charge in [-0.15, -0.1) is 0 Å². The van der Waals surface area contributed by atoms with Gasteiger partial charge in [-0.05, 0) is 17.5 Å². The smallest absolute Gasteiger partial charge is 0.277 e. The molecular weight excluding hydrogens is 449 g/mol. The molecule has 0 saturated heterocycles. The monoisotopic (exact) mass is 468 g/mol. The number of hydrogen-bond acceptors (Lipinski definition) is 5. The van der Waals surface area contributed by atoms with Gasteiger partial charge in [0.2, 0.25) is 0 Å². The Bertz CT molecular complexity index is 1280. The number of halogens is 3. The first-order chi connectivity index (χ1) is 16.0. The van der Waals surface area contributed by atoms with Crippen LogP contribution in [0.3, 0.4) is 0 Å². The third-order valence-electron chi connectivity index (χ3n) is 4.97. The van der Waals surface area contributed by atoms with Crippen molar-refractivity contribution in [3.8, 4) is 0 Å². The number of nitrogens with zero attached hydrogens (tertiary/aromatic N) is 4. The van der Waals surface area contributed by atoms with E-state index < -0.39 is 23.0 Å². The van der Waals surface area contributed by atoms with Gasteiger partial charge >= 0.3 is 0 Å². The predicted octanol–water partition coefficient (Wildman–Crippen LogP) is 4.58. The average molecular weight is 469 g/mol. The molecule has 0 amide bonds. The van der Waals surface area contributed by atoms with E-state index in [0.29, 0.717) is 42.2 Å². The molecule has 0 bridgehead atoms. The van der Waals surface area contributed by atoms with Gasteiger partial charge in [0, 0.05) is 60.6 Å². The fraction of sp³-hybridized carbons (Fsp3) is 0.167. The van der Waals surface area contributed by atoms with E-state index in [1.165, 1.54) is 6.33 Å². The third-order valence-corrected chi connectivity index (χ3v) is 5.99. The molecule has 4 rings (SSSR count). The maximum absolute atomic E-state index is 14.1. The number of hydrogen-bond donors (Lipinski definition) is 0. The minimum Gasteiger partial charge on any atom is -0.327 e. The molecule has 0 aliphatic heterocycles. The molecule has 168 valence electrons. The first-order valence-corrected chi connectivity index (χ1v) is 11.1. The van der Waals surface area contributed by atoms with E-state index in [9.17, 15) is 18.0 Å². The standard InChI is InChI=1S/C24H19F3N4OS/c25-19-9-21(26)20(22(27)10-19)14-33-24-30-23(32)18(8-17-11-28-15-29-12-17)13-31(24)7-6-16-4-2-1-3-5-16/h1-5,9-13,15H,6-8,14H2. The Morgan fingerprint density at radius 2 is 1.64 bits per heavy atom. The van der Waals surface area contributed by atoms with Crippen molar-refractivity contribution in [2.45, 2.75) is 30.3 Å². The summed E-state index contributed by atoms with van der Waals surface area (Å²) < 4.78 is 43.2. The van der Waals surface area contributed by atoms with Crippen LogP contribution in [0, 0.1) is 17.5 Å². The van der Waals surface area contributed by atoms with Gasteiger partial charge < -0.3 is 4.57 Å². The summed E-state index contributed by atoms with van der Waals surface area (Å²) in [5.41, 5.74) is 1.62. The van der Waals surface area contributed by atoms with Gasteiger partial charge in [0.15, 0.2) is 5.16 Å². The zero-order valence-electron chi connectivity index (χ0n) is 17.4. The van der Waals surface area contributed by atoms with Crippen LogP contribution in [0.5, 0.6) is 0 Å². The van der Waals surface area contributed by atoms with Crippen LogP contribution < -0.4 is 5.56 Å². The first-order valence-electron chi connectivity index (χ1n) is 10.1. The molecule has 2 aromatic carbocycles. The lowest BCUT2D eigenvalue weighted by molar-refractivity contribution is 0.531. The van der Waals surface area contributed by atoms with Crippen molar-refractivity contribution in [1.29, 1.82) is 0 Å². The predicted molar refractivity (Wildman–Crippen MR) is 119 cm³/mol. The maximum Gasteiger partial charge on any atom is 0.277 e. The molecule has 2 heterocycles. The van der Waals surface area contributed by atoms with Gasteiger partial charge in [-0.2, -0.15) is 4.98 Å². The molecule has 0 saturated carbocycles. The Kier molecular flexibility index (Phi) is 7.19. The van der Waals surface area contributed by atoms with Gasteiger partial charge in [-0.3, -0.25) is 4.79 Å². The van der Waals surface area contributed by atoms with Crippen molar-refractivity contribution in [2.24, 2.45) is 0 Å². The van der Waals surface area contributed by atoms with Crippen LogP contribution in [0.2, 0.25) is 0 Å². The summed E-state index contributed by atoms with van der Waals surface area (Å²) >= 11 is 1.02.